The Labute approximate surface area is 132 Å². The number of hydrogen-bond acceptors (Lipinski definition) is 6. The Balaban J connectivity index is 1.89. The quantitative estimate of drug-likeness (QED) is 0.764. The molecule has 0 saturated carbocycles. The summed E-state index contributed by atoms with van der Waals surface area (Å²) in [5.74, 6) is 0.857. The number of hydrogen-bond donors (Lipinski definition) is 0. The second kappa shape index (κ2) is 8.31. The SMILES string of the molecule is CN(CC(C#N)CCC#N)CC1CCCN1c1cccnn1. The number of nitrogens with zero attached hydrogens (tertiary/aromatic N) is 6. The topological polar surface area (TPSA) is 79.8 Å². The van der Waals surface area contributed by atoms with Crippen LogP contribution >= 0.6 is 0 Å². The molecule has 0 N–H and O–H groups in total. The molecular weight excluding hydrogens is 276 g/mol. The lowest BCUT2D eigenvalue weighted by molar-refractivity contribution is 0.279. The molecule has 2 atom stereocenters. The van der Waals surface area contributed by atoms with Crippen molar-refractivity contribution in [2.75, 3.05) is 31.6 Å². The minimum absolute atomic E-state index is 0.0731. The van der Waals surface area contributed by atoms with Crippen LogP contribution in [0.25, 0.3) is 0 Å². The molecule has 1 aromatic heterocycles. The minimum Gasteiger partial charge on any atom is -0.351 e. The van der Waals surface area contributed by atoms with Crippen molar-refractivity contribution in [3.05, 3.63) is 18.3 Å². The van der Waals surface area contributed by atoms with E-state index in [4.69, 9.17) is 5.26 Å². The van der Waals surface area contributed by atoms with Gasteiger partial charge in [-0.3, -0.25) is 0 Å². The molecule has 6 heteroatoms. The third-order valence-corrected chi connectivity index (χ3v) is 4.07. The van der Waals surface area contributed by atoms with E-state index in [0.29, 0.717) is 25.4 Å². The fourth-order valence-corrected chi connectivity index (χ4v) is 3.02. The van der Waals surface area contributed by atoms with Gasteiger partial charge in [-0.15, -0.1) is 5.10 Å². The van der Waals surface area contributed by atoms with E-state index >= 15 is 0 Å². The Bertz CT molecular complexity index is 532. The number of rotatable bonds is 7. The first-order valence-corrected chi connectivity index (χ1v) is 7.74. The molecule has 2 rings (SSSR count). The van der Waals surface area contributed by atoms with Gasteiger partial charge >= 0.3 is 0 Å². The Hall–Kier alpha value is -2.18. The fourth-order valence-electron chi connectivity index (χ4n) is 3.02. The normalized spacial score (nSPS) is 18.9. The molecule has 0 amide bonds. The average molecular weight is 298 g/mol. The highest BCUT2D eigenvalue weighted by Crippen LogP contribution is 2.23. The molecule has 22 heavy (non-hydrogen) atoms. The second-order valence-electron chi connectivity index (χ2n) is 5.82. The number of anilines is 1. The van der Waals surface area contributed by atoms with Gasteiger partial charge in [-0.1, -0.05) is 0 Å². The van der Waals surface area contributed by atoms with E-state index in [0.717, 1.165) is 31.7 Å². The highest BCUT2D eigenvalue weighted by Gasteiger charge is 2.27. The van der Waals surface area contributed by atoms with Gasteiger partial charge in [0.15, 0.2) is 5.82 Å². The second-order valence-corrected chi connectivity index (χ2v) is 5.82. The summed E-state index contributed by atoms with van der Waals surface area (Å²) in [6.07, 6.45) is 5.08. The zero-order valence-corrected chi connectivity index (χ0v) is 13.0. The smallest absolute Gasteiger partial charge is 0.151 e. The molecule has 0 bridgehead atoms. The fraction of sp³-hybridized carbons (Fsp3) is 0.625. The summed E-state index contributed by atoms with van der Waals surface area (Å²) < 4.78 is 0. The molecule has 1 saturated heterocycles. The lowest BCUT2D eigenvalue weighted by atomic mass is 10.0. The summed E-state index contributed by atoms with van der Waals surface area (Å²) in [7, 11) is 2.05. The van der Waals surface area contributed by atoms with Crippen LogP contribution in [0.1, 0.15) is 25.7 Å². The Morgan fingerprint density at radius 3 is 3.05 bits per heavy atom. The van der Waals surface area contributed by atoms with Crippen LogP contribution in [0.5, 0.6) is 0 Å². The molecule has 0 aliphatic carbocycles. The highest BCUT2D eigenvalue weighted by molar-refractivity contribution is 5.39. The van der Waals surface area contributed by atoms with Crippen molar-refractivity contribution in [2.24, 2.45) is 5.92 Å². The molecule has 0 radical (unpaired) electrons. The van der Waals surface area contributed by atoms with Crippen LogP contribution in [0, 0.1) is 28.6 Å². The van der Waals surface area contributed by atoms with E-state index in [2.05, 4.69) is 32.1 Å². The van der Waals surface area contributed by atoms with Crippen molar-refractivity contribution in [2.45, 2.75) is 31.7 Å². The summed E-state index contributed by atoms with van der Waals surface area (Å²) in [5, 5.41) is 26.0. The van der Waals surface area contributed by atoms with E-state index in [-0.39, 0.29) is 5.92 Å². The Morgan fingerprint density at radius 2 is 2.36 bits per heavy atom. The Kier molecular flexibility index (Phi) is 6.12. The summed E-state index contributed by atoms with van der Waals surface area (Å²) >= 11 is 0. The lowest BCUT2D eigenvalue weighted by Crippen LogP contribution is -2.40. The van der Waals surface area contributed by atoms with E-state index in [9.17, 15) is 5.26 Å². The third-order valence-electron chi connectivity index (χ3n) is 4.07. The van der Waals surface area contributed by atoms with Crippen LogP contribution in [0.4, 0.5) is 5.82 Å². The average Bonchev–Trinajstić information content (AvgIpc) is 3.00. The monoisotopic (exact) mass is 298 g/mol. The predicted octanol–water partition coefficient (Wildman–Crippen LogP) is 1.82. The van der Waals surface area contributed by atoms with Crippen molar-refractivity contribution in [3.63, 3.8) is 0 Å². The van der Waals surface area contributed by atoms with Crippen molar-refractivity contribution < 1.29 is 0 Å². The first kappa shape index (κ1) is 16.2. The molecule has 2 unspecified atom stereocenters. The first-order valence-electron chi connectivity index (χ1n) is 7.74. The summed E-state index contributed by atoms with van der Waals surface area (Å²) in [6.45, 7) is 2.62. The van der Waals surface area contributed by atoms with Gasteiger partial charge in [-0.2, -0.15) is 15.6 Å². The van der Waals surface area contributed by atoms with Crippen molar-refractivity contribution in [1.29, 1.82) is 10.5 Å². The molecule has 116 valence electrons. The van der Waals surface area contributed by atoms with Gasteiger partial charge in [0.2, 0.25) is 0 Å². The van der Waals surface area contributed by atoms with Gasteiger partial charge < -0.3 is 9.80 Å². The minimum atomic E-state index is -0.0731. The van der Waals surface area contributed by atoms with Crippen LogP contribution in [0.15, 0.2) is 18.3 Å². The number of likely N-dealkylation sites (N-methyl/N-ethyl adjacent to an activating group) is 1. The standard InChI is InChI=1S/C16H22N6/c1-21(12-14(11-18)5-2-8-17)13-15-6-4-10-22(15)16-7-3-9-19-20-16/h3,7,9,14-15H,2,4-6,10,12-13H2,1H3. The zero-order chi connectivity index (χ0) is 15.8. The predicted molar refractivity (Wildman–Crippen MR) is 83.8 cm³/mol. The van der Waals surface area contributed by atoms with Gasteiger partial charge in [0.25, 0.3) is 0 Å². The largest absolute Gasteiger partial charge is 0.351 e. The van der Waals surface area contributed by atoms with Crippen LogP contribution in [-0.4, -0.2) is 47.8 Å². The third kappa shape index (κ3) is 4.41. The van der Waals surface area contributed by atoms with Crippen LogP contribution < -0.4 is 4.90 Å². The molecule has 0 spiro atoms. The Morgan fingerprint density at radius 1 is 1.50 bits per heavy atom. The molecule has 0 aromatic carbocycles. The zero-order valence-electron chi connectivity index (χ0n) is 13.0. The van der Waals surface area contributed by atoms with Crippen LogP contribution in [0.3, 0.4) is 0 Å². The van der Waals surface area contributed by atoms with Gasteiger partial charge in [-0.25, -0.2) is 0 Å². The van der Waals surface area contributed by atoms with E-state index in [1.54, 1.807) is 6.20 Å². The van der Waals surface area contributed by atoms with Crippen LogP contribution in [0.2, 0.25) is 0 Å². The molecule has 6 nitrogen and oxygen atoms in total. The van der Waals surface area contributed by atoms with E-state index in [1.807, 2.05) is 19.2 Å². The maximum absolute atomic E-state index is 9.18. The van der Waals surface area contributed by atoms with Crippen molar-refractivity contribution in [3.8, 4) is 12.1 Å². The molecular formula is C16H22N6. The van der Waals surface area contributed by atoms with Crippen molar-refractivity contribution >= 4 is 5.82 Å². The molecule has 2 heterocycles. The van der Waals surface area contributed by atoms with Gasteiger partial charge in [0, 0.05) is 38.3 Å². The number of aromatic nitrogens is 2. The summed E-state index contributed by atoms with van der Waals surface area (Å²) in [4.78, 5) is 4.50. The maximum atomic E-state index is 9.18. The van der Waals surface area contributed by atoms with Crippen molar-refractivity contribution in [1.82, 2.24) is 15.1 Å². The molecule has 1 aromatic rings. The van der Waals surface area contributed by atoms with E-state index in [1.165, 1.54) is 0 Å². The maximum Gasteiger partial charge on any atom is 0.151 e. The first-order chi connectivity index (χ1) is 10.7. The molecule has 1 aliphatic heterocycles. The molecule has 1 fully saturated rings. The number of nitriles is 2. The van der Waals surface area contributed by atoms with E-state index < -0.39 is 0 Å². The van der Waals surface area contributed by atoms with Crippen LogP contribution in [-0.2, 0) is 0 Å². The van der Waals surface area contributed by atoms with Gasteiger partial charge in [-0.05, 0) is 38.4 Å². The van der Waals surface area contributed by atoms with Gasteiger partial charge in [0.1, 0.15) is 0 Å². The summed E-state index contributed by atoms with van der Waals surface area (Å²) in [6, 6.07) is 8.74. The summed E-state index contributed by atoms with van der Waals surface area (Å²) in [5.41, 5.74) is 0. The molecule has 1 aliphatic rings. The lowest BCUT2D eigenvalue weighted by Gasteiger charge is -2.29. The highest BCUT2D eigenvalue weighted by atomic mass is 15.3. The van der Waals surface area contributed by atoms with Gasteiger partial charge in [0.05, 0.1) is 18.1 Å².